The van der Waals surface area contributed by atoms with Gasteiger partial charge in [0.25, 0.3) is 0 Å². The van der Waals surface area contributed by atoms with Crippen molar-refractivity contribution in [2.24, 2.45) is 5.73 Å². The Bertz CT molecular complexity index is 380. The van der Waals surface area contributed by atoms with Crippen LogP contribution in [0.15, 0.2) is 28.7 Å². The first-order valence-electron chi connectivity index (χ1n) is 6.17. The van der Waals surface area contributed by atoms with E-state index in [4.69, 9.17) is 5.73 Å². The predicted molar refractivity (Wildman–Crippen MR) is 76.2 cm³/mol. The minimum absolute atomic E-state index is 0.0931. The van der Waals surface area contributed by atoms with Gasteiger partial charge in [-0.2, -0.15) is 0 Å². The van der Waals surface area contributed by atoms with Crippen LogP contribution in [0.25, 0.3) is 0 Å². The maximum absolute atomic E-state index is 6.07. The van der Waals surface area contributed by atoms with Crippen molar-refractivity contribution in [1.29, 1.82) is 0 Å². The molecule has 17 heavy (non-hydrogen) atoms. The quantitative estimate of drug-likeness (QED) is 0.877. The maximum atomic E-state index is 6.07. The van der Waals surface area contributed by atoms with Crippen molar-refractivity contribution in [2.45, 2.75) is 37.6 Å². The second-order valence-electron chi connectivity index (χ2n) is 5.86. The summed E-state index contributed by atoms with van der Waals surface area (Å²) >= 11 is 3.47. The summed E-state index contributed by atoms with van der Waals surface area (Å²) in [4.78, 5) is 0. The van der Waals surface area contributed by atoms with Crippen LogP contribution >= 0.6 is 15.9 Å². The summed E-state index contributed by atoms with van der Waals surface area (Å²) in [6, 6.07) is 8.56. The van der Waals surface area contributed by atoms with E-state index in [1.165, 1.54) is 18.4 Å². The van der Waals surface area contributed by atoms with Crippen molar-refractivity contribution >= 4 is 15.9 Å². The van der Waals surface area contributed by atoms with Gasteiger partial charge in [0.2, 0.25) is 0 Å². The van der Waals surface area contributed by atoms with Gasteiger partial charge in [-0.1, -0.05) is 41.9 Å². The second kappa shape index (κ2) is 4.71. The van der Waals surface area contributed by atoms with E-state index in [0.717, 1.165) is 17.6 Å². The second-order valence-corrected chi connectivity index (χ2v) is 6.77. The minimum atomic E-state index is 0.0931. The van der Waals surface area contributed by atoms with Crippen molar-refractivity contribution in [3.63, 3.8) is 0 Å². The number of hydrogen-bond acceptors (Lipinski definition) is 2. The lowest BCUT2D eigenvalue weighted by Gasteiger charge is -2.26. The van der Waals surface area contributed by atoms with Crippen LogP contribution in [0.1, 0.15) is 32.3 Å². The molecule has 0 amide bonds. The number of nitrogens with two attached hydrogens (primary N) is 1. The Morgan fingerprint density at radius 1 is 1.29 bits per heavy atom. The molecule has 0 saturated heterocycles. The molecule has 1 aromatic rings. The zero-order chi connectivity index (χ0) is 12.5. The molecule has 0 atom stereocenters. The molecule has 0 unspecified atom stereocenters. The molecule has 94 valence electrons. The van der Waals surface area contributed by atoms with Crippen molar-refractivity contribution in [1.82, 2.24) is 5.32 Å². The topological polar surface area (TPSA) is 38.0 Å². The van der Waals surface area contributed by atoms with Crippen molar-refractivity contribution in [2.75, 3.05) is 13.1 Å². The highest BCUT2D eigenvalue weighted by molar-refractivity contribution is 9.10. The predicted octanol–water partition coefficient (Wildman–Crippen LogP) is 2.81. The van der Waals surface area contributed by atoms with Crippen LogP contribution in [0.2, 0.25) is 0 Å². The molecular weight excluding hydrogens is 276 g/mol. The average molecular weight is 297 g/mol. The molecule has 1 aliphatic carbocycles. The molecule has 0 heterocycles. The average Bonchev–Trinajstić information content (AvgIpc) is 2.97. The first-order valence-corrected chi connectivity index (χ1v) is 6.96. The summed E-state index contributed by atoms with van der Waals surface area (Å²) in [6.07, 6.45) is 2.33. The van der Waals surface area contributed by atoms with E-state index in [2.05, 4.69) is 59.4 Å². The number of hydrogen-bond donors (Lipinski definition) is 2. The van der Waals surface area contributed by atoms with E-state index >= 15 is 0 Å². The number of nitrogens with one attached hydrogen (secondary N) is 1. The van der Waals surface area contributed by atoms with Crippen LogP contribution < -0.4 is 11.1 Å². The SMILES string of the molecule is CC(C)(CNCC1(N)CC1)c1ccc(Br)cc1. The van der Waals surface area contributed by atoms with Crippen LogP contribution in [0.5, 0.6) is 0 Å². The number of rotatable bonds is 5. The Kier molecular flexibility index (Phi) is 3.62. The lowest BCUT2D eigenvalue weighted by atomic mass is 9.84. The molecule has 0 spiro atoms. The number of halogens is 1. The maximum Gasteiger partial charge on any atom is 0.0282 e. The first kappa shape index (κ1) is 13.1. The summed E-state index contributed by atoms with van der Waals surface area (Å²) < 4.78 is 1.13. The van der Waals surface area contributed by atoms with Crippen LogP contribution in [0.4, 0.5) is 0 Å². The van der Waals surface area contributed by atoms with Gasteiger partial charge in [0, 0.05) is 28.5 Å². The minimum Gasteiger partial charge on any atom is -0.324 e. The molecule has 1 saturated carbocycles. The van der Waals surface area contributed by atoms with Gasteiger partial charge in [0.1, 0.15) is 0 Å². The monoisotopic (exact) mass is 296 g/mol. The zero-order valence-corrected chi connectivity index (χ0v) is 12.2. The largest absolute Gasteiger partial charge is 0.324 e. The normalized spacial score (nSPS) is 18.1. The fraction of sp³-hybridized carbons (Fsp3) is 0.571. The Labute approximate surface area is 112 Å². The highest BCUT2D eigenvalue weighted by Gasteiger charge is 2.37. The summed E-state index contributed by atoms with van der Waals surface area (Å²) in [5.41, 5.74) is 7.66. The van der Waals surface area contributed by atoms with Gasteiger partial charge in [-0.3, -0.25) is 0 Å². The molecule has 0 bridgehead atoms. The smallest absolute Gasteiger partial charge is 0.0282 e. The van der Waals surface area contributed by atoms with Crippen LogP contribution in [-0.4, -0.2) is 18.6 Å². The van der Waals surface area contributed by atoms with E-state index in [0.29, 0.717) is 0 Å². The van der Waals surface area contributed by atoms with Gasteiger partial charge in [-0.15, -0.1) is 0 Å². The van der Waals surface area contributed by atoms with E-state index in [1.807, 2.05) is 0 Å². The molecule has 1 aromatic carbocycles. The molecule has 2 nitrogen and oxygen atoms in total. The lowest BCUT2D eigenvalue weighted by Crippen LogP contribution is -2.41. The molecule has 3 heteroatoms. The Hall–Kier alpha value is -0.380. The third kappa shape index (κ3) is 3.54. The van der Waals surface area contributed by atoms with Crippen LogP contribution in [0, 0.1) is 0 Å². The highest BCUT2D eigenvalue weighted by Crippen LogP contribution is 2.31. The first-order chi connectivity index (χ1) is 7.91. The molecule has 2 rings (SSSR count). The Morgan fingerprint density at radius 2 is 1.88 bits per heavy atom. The third-order valence-corrected chi connectivity index (χ3v) is 4.09. The molecule has 0 radical (unpaired) electrons. The van der Waals surface area contributed by atoms with Gasteiger partial charge in [0.15, 0.2) is 0 Å². The van der Waals surface area contributed by atoms with Gasteiger partial charge >= 0.3 is 0 Å². The third-order valence-electron chi connectivity index (χ3n) is 3.56. The van der Waals surface area contributed by atoms with Crippen molar-refractivity contribution < 1.29 is 0 Å². The zero-order valence-electron chi connectivity index (χ0n) is 10.6. The van der Waals surface area contributed by atoms with E-state index in [9.17, 15) is 0 Å². The van der Waals surface area contributed by atoms with Crippen molar-refractivity contribution in [3.05, 3.63) is 34.3 Å². The lowest BCUT2D eigenvalue weighted by molar-refractivity contribution is 0.448. The molecule has 1 fully saturated rings. The van der Waals surface area contributed by atoms with Gasteiger partial charge in [-0.25, -0.2) is 0 Å². The molecular formula is C14H21BrN2. The standard InChI is InChI=1S/C14H21BrN2/c1-13(2,9-17-10-14(16)7-8-14)11-3-5-12(15)6-4-11/h3-6,17H,7-10,16H2,1-2H3. The van der Waals surface area contributed by atoms with Gasteiger partial charge in [0.05, 0.1) is 0 Å². The van der Waals surface area contributed by atoms with E-state index < -0.39 is 0 Å². The van der Waals surface area contributed by atoms with Crippen molar-refractivity contribution in [3.8, 4) is 0 Å². The fourth-order valence-corrected chi connectivity index (χ4v) is 2.23. The van der Waals surface area contributed by atoms with Crippen LogP contribution in [0.3, 0.4) is 0 Å². The number of benzene rings is 1. The summed E-state index contributed by atoms with van der Waals surface area (Å²) in [7, 11) is 0. The van der Waals surface area contributed by atoms with E-state index in [1.54, 1.807) is 0 Å². The molecule has 0 aromatic heterocycles. The summed E-state index contributed by atoms with van der Waals surface area (Å²) in [5.74, 6) is 0. The van der Waals surface area contributed by atoms with Gasteiger partial charge in [-0.05, 0) is 30.5 Å². The Morgan fingerprint density at radius 3 is 2.41 bits per heavy atom. The van der Waals surface area contributed by atoms with Gasteiger partial charge < -0.3 is 11.1 Å². The Balaban J connectivity index is 1.90. The molecule has 0 aliphatic heterocycles. The summed E-state index contributed by atoms with van der Waals surface area (Å²) in [5, 5.41) is 3.50. The molecule has 1 aliphatic rings. The molecule has 3 N–H and O–H groups in total. The van der Waals surface area contributed by atoms with Crippen LogP contribution in [-0.2, 0) is 5.41 Å². The summed E-state index contributed by atoms with van der Waals surface area (Å²) in [6.45, 7) is 6.43. The fourth-order valence-electron chi connectivity index (χ4n) is 1.96. The van der Waals surface area contributed by atoms with E-state index in [-0.39, 0.29) is 11.0 Å². The highest BCUT2D eigenvalue weighted by atomic mass is 79.9.